The van der Waals surface area contributed by atoms with Crippen LogP contribution in [0, 0.1) is 37.4 Å². The van der Waals surface area contributed by atoms with E-state index in [-0.39, 0.29) is 6.04 Å². The summed E-state index contributed by atoms with van der Waals surface area (Å²) in [6.07, 6.45) is 3.01. The zero-order chi connectivity index (χ0) is 20.6. The van der Waals surface area contributed by atoms with E-state index in [9.17, 15) is 17.6 Å². The van der Waals surface area contributed by atoms with Crippen LogP contribution in [0.5, 0.6) is 0 Å². The van der Waals surface area contributed by atoms with Gasteiger partial charge in [-0.1, -0.05) is 0 Å². The number of halogens is 4. The number of nitrogens with zero attached hydrogens (tertiary/aromatic N) is 5. The zero-order valence-corrected chi connectivity index (χ0v) is 15.6. The smallest absolute Gasteiger partial charge is 0.254 e. The first kappa shape index (κ1) is 19.6. The van der Waals surface area contributed by atoms with Gasteiger partial charge in [-0.05, 0) is 33.8 Å². The number of aryl methyl sites for hydroxylation is 1. The minimum Gasteiger partial charge on any atom is -0.303 e. The van der Waals surface area contributed by atoms with E-state index in [1.54, 1.807) is 6.20 Å². The molecule has 3 aromatic heterocycles. The maximum absolute atomic E-state index is 13.6. The van der Waals surface area contributed by atoms with E-state index in [0.29, 0.717) is 5.56 Å². The van der Waals surface area contributed by atoms with Crippen LogP contribution in [0.4, 0.5) is 23.2 Å². The Bertz CT molecular complexity index is 1020. The first-order valence-corrected chi connectivity index (χ1v) is 8.44. The molecule has 0 aliphatic rings. The van der Waals surface area contributed by atoms with Crippen molar-refractivity contribution >= 4 is 11.9 Å². The number of hydrazone groups is 1. The molecular weight excluding hydrogens is 376 g/mol. The molecule has 10 heteroatoms. The third kappa shape index (κ3) is 3.37. The second-order valence-electron chi connectivity index (χ2n) is 6.46. The molecule has 148 valence electrons. The fourth-order valence-electron chi connectivity index (χ4n) is 2.90. The molecule has 0 aromatic carbocycles. The van der Waals surface area contributed by atoms with Crippen LogP contribution in [0.25, 0.3) is 5.82 Å². The van der Waals surface area contributed by atoms with Crippen molar-refractivity contribution in [1.29, 1.82) is 0 Å². The first-order valence-electron chi connectivity index (χ1n) is 8.44. The largest absolute Gasteiger partial charge is 0.303 e. The van der Waals surface area contributed by atoms with Crippen molar-refractivity contribution in [1.82, 2.24) is 19.3 Å². The van der Waals surface area contributed by atoms with Gasteiger partial charge in [-0.15, -0.1) is 0 Å². The lowest BCUT2D eigenvalue weighted by Gasteiger charge is -2.15. The predicted molar refractivity (Wildman–Crippen MR) is 96.7 cm³/mol. The summed E-state index contributed by atoms with van der Waals surface area (Å²) in [5.74, 6) is -5.95. The number of nitrogens with one attached hydrogen (secondary N) is 1. The first-order chi connectivity index (χ1) is 13.2. The molecule has 0 saturated carbocycles. The van der Waals surface area contributed by atoms with E-state index in [1.807, 2.05) is 54.5 Å². The highest BCUT2D eigenvalue weighted by Gasteiger charge is 2.20. The molecule has 1 N–H and O–H groups in total. The van der Waals surface area contributed by atoms with Crippen molar-refractivity contribution in [2.24, 2.45) is 5.10 Å². The Morgan fingerprint density at radius 3 is 2.36 bits per heavy atom. The molecule has 0 fully saturated rings. The number of pyridine rings is 1. The highest BCUT2D eigenvalue weighted by Crippen LogP contribution is 2.23. The lowest BCUT2D eigenvalue weighted by molar-refractivity contribution is 0.411. The van der Waals surface area contributed by atoms with Gasteiger partial charge >= 0.3 is 0 Å². The molecule has 0 amide bonds. The number of hydrogen-bond acceptors (Lipinski definition) is 4. The minimum absolute atomic E-state index is 0.146. The van der Waals surface area contributed by atoms with Gasteiger partial charge < -0.3 is 4.57 Å². The molecule has 3 heterocycles. The van der Waals surface area contributed by atoms with Gasteiger partial charge in [0, 0.05) is 29.1 Å². The highest BCUT2D eigenvalue weighted by molar-refractivity contribution is 5.82. The fraction of sp³-hybridized carbons (Fsp3) is 0.278. The summed E-state index contributed by atoms with van der Waals surface area (Å²) in [5, 5.41) is 8.03. The summed E-state index contributed by atoms with van der Waals surface area (Å²) >= 11 is 0. The Balaban J connectivity index is 1.92. The van der Waals surface area contributed by atoms with Crippen molar-refractivity contribution in [3.8, 4) is 5.82 Å². The highest BCUT2D eigenvalue weighted by atomic mass is 19.2. The number of hydrogen-bond donors (Lipinski definition) is 1. The van der Waals surface area contributed by atoms with Crippen LogP contribution in [0.2, 0.25) is 0 Å². The van der Waals surface area contributed by atoms with Gasteiger partial charge in [0.2, 0.25) is 11.6 Å². The van der Waals surface area contributed by atoms with Gasteiger partial charge in [-0.3, -0.25) is 5.43 Å². The molecule has 0 atom stereocenters. The Morgan fingerprint density at radius 2 is 1.75 bits per heavy atom. The van der Waals surface area contributed by atoms with Crippen molar-refractivity contribution in [3.05, 3.63) is 58.8 Å². The molecule has 0 unspecified atom stereocenters. The predicted octanol–water partition coefficient (Wildman–Crippen LogP) is 4.27. The summed E-state index contributed by atoms with van der Waals surface area (Å²) in [6, 6.07) is 3.83. The quantitative estimate of drug-likeness (QED) is 0.304. The minimum atomic E-state index is -1.75. The van der Waals surface area contributed by atoms with E-state index in [2.05, 4.69) is 15.2 Å². The molecule has 0 spiro atoms. The van der Waals surface area contributed by atoms with Crippen LogP contribution in [-0.4, -0.2) is 25.5 Å². The van der Waals surface area contributed by atoms with Gasteiger partial charge in [-0.25, -0.2) is 4.68 Å². The van der Waals surface area contributed by atoms with Gasteiger partial charge in [0.15, 0.2) is 0 Å². The molecule has 0 saturated heterocycles. The summed E-state index contributed by atoms with van der Waals surface area (Å²) in [6.45, 7) is 7.75. The summed E-state index contributed by atoms with van der Waals surface area (Å²) in [5.41, 5.74) is 3.30. The third-order valence-corrected chi connectivity index (χ3v) is 4.22. The van der Waals surface area contributed by atoms with Crippen LogP contribution >= 0.6 is 0 Å². The molecule has 0 bridgehead atoms. The van der Waals surface area contributed by atoms with Crippen LogP contribution in [0.1, 0.15) is 36.8 Å². The van der Waals surface area contributed by atoms with Crippen LogP contribution < -0.4 is 5.43 Å². The molecular formula is C18H18F4N6. The lowest BCUT2D eigenvalue weighted by Crippen LogP contribution is -2.11. The van der Waals surface area contributed by atoms with E-state index in [0.717, 1.165) is 17.2 Å². The Morgan fingerprint density at radius 1 is 1.11 bits per heavy atom. The number of rotatable bonds is 5. The molecule has 6 nitrogen and oxygen atoms in total. The SMILES string of the molecule is Cc1cc(/C=N\Nc2c(F)c(F)nc(F)c2F)c(C)n1-c1ccnn1C(C)C. The van der Waals surface area contributed by atoms with E-state index < -0.39 is 29.2 Å². The maximum atomic E-state index is 13.6. The van der Waals surface area contributed by atoms with Crippen molar-refractivity contribution in [2.75, 3.05) is 5.43 Å². The van der Waals surface area contributed by atoms with Crippen LogP contribution in [-0.2, 0) is 0 Å². The molecule has 0 aliphatic carbocycles. The van der Waals surface area contributed by atoms with Gasteiger partial charge in [-0.2, -0.15) is 32.7 Å². The standard InChI is InChI=1S/C18H18F4N6/c1-9(2)28-13(5-6-24-28)27-10(3)7-12(11(27)4)8-23-26-16-14(19)17(21)25-18(22)15(16)20/h5-9H,1-4H3,(H,25,26)/b23-8-. The summed E-state index contributed by atoms with van der Waals surface area (Å²) in [4.78, 5) is 2.49. The molecule has 3 rings (SSSR count). The average molecular weight is 394 g/mol. The average Bonchev–Trinajstić information content (AvgIpc) is 3.21. The molecule has 28 heavy (non-hydrogen) atoms. The fourth-order valence-corrected chi connectivity index (χ4v) is 2.90. The topological polar surface area (TPSA) is 60.0 Å². The van der Waals surface area contributed by atoms with E-state index in [4.69, 9.17) is 0 Å². The van der Waals surface area contributed by atoms with Crippen molar-refractivity contribution in [3.63, 3.8) is 0 Å². The monoisotopic (exact) mass is 394 g/mol. The Hall–Kier alpha value is -3.17. The molecule has 0 aliphatic heterocycles. The van der Waals surface area contributed by atoms with Gasteiger partial charge in [0.1, 0.15) is 11.5 Å². The van der Waals surface area contributed by atoms with Crippen LogP contribution in [0.3, 0.4) is 0 Å². The lowest BCUT2D eigenvalue weighted by atomic mass is 10.3. The number of anilines is 1. The maximum Gasteiger partial charge on any atom is 0.254 e. The second-order valence-corrected chi connectivity index (χ2v) is 6.46. The van der Waals surface area contributed by atoms with E-state index in [1.165, 1.54) is 6.21 Å². The van der Waals surface area contributed by atoms with E-state index >= 15 is 0 Å². The molecule has 3 aromatic rings. The molecule has 0 radical (unpaired) electrons. The Labute approximate surface area is 158 Å². The third-order valence-electron chi connectivity index (χ3n) is 4.22. The number of aromatic nitrogens is 4. The Kier molecular flexibility index (Phi) is 5.21. The zero-order valence-electron chi connectivity index (χ0n) is 15.6. The van der Waals surface area contributed by atoms with Crippen LogP contribution in [0.15, 0.2) is 23.4 Å². The van der Waals surface area contributed by atoms with Crippen molar-refractivity contribution < 1.29 is 17.6 Å². The second kappa shape index (κ2) is 7.45. The normalized spacial score (nSPS) is 11.8. The van der Waals surface area contributed by atoms with Crippen molar-refractivity contribution in [2.45, 2.75) is 33.7 Å². The van der Waals surface area contributed by atoms with Gasteiger partial charge in [0.05, 0.1) is 12.4 Å². The summed E-state index contributed by atoms with van der Waals surface area (Å²) < 4.78 is 57.4. The van der Waals surface area contributed by atoms with Gasteiger partial charge in [0.25, 0.3) is 11.9 Å². The summed E-state index contributed by atoms with van der Waals surface area (Å²) in [7, 11) is 0.